The second-order valence-electron chi connectivity index (χ2n) is 6.07. The summed E-state index contributed by atoms with van der Waals surface area (Å²) in [4.78, 5) is 12.1. The molecule has 0 saturated heterocycles. The molecular weight excluding hydrogens is 261 g/mol. The number of hydrogen-bond donors (Lipinski definition) is 2. The Morgan fingerprint density at radius 2 is 1.80 bits per heavy atom. The Kier molecular flexibility index (Phi) is 5.11. The Morgan fingerprint density at radius 1 is 1.25 bits per heavy atom. The van der Waals surface area contributed by atoms with E-state index < -0.39 is 5.60 Å². The zero-order valence-electron chi connectivity index (χ0n) is 12.4. The molecule has 0 saturated carbocycles. The molecule has 0 heterocycles. The van der Waals surface area contributed by atoms with E-state index in [1.54, 1.807) is 13.8 Å². The van der Waals surface area contributed by atoms with Crippen LogP contribution in [0.5, 0.6) is 5.75 Å². The maximum absolute atomic E-state index is 12.8. The van der Waals surface area contributed by atoms with Crippen LogP contribution in [0, 0.1) is 11.2 Å². The monoisotopic (exact) mass is 283 g/mol. The average molecular weight is 283 g/mol. The van der Waals surface area contributed by atoms with Crippen molar-refractivity contribution >= 4 is 5.91 Å². The molecule has 0 radical (unpaired) electrons. The summed E-state index contributed by atoms with van der Waals surface area (Å²) in [6.07, 6.45) is 0. The largest absolute Gasteiger partial charge is 0.478 e. The zero-order valence-corrected chi connectivity index (χ0v) is 12.4. The summed E-state index contributed by atoms with van der Waals surface area (Å²) in [7, 11) is 0. The summed E-state index contributed by atoms with van der Waals surface area (Å²) in [5.41, 5.74) is -1.47. The van der Waals surface area contributed by atoms with Crippen LogP contribution in [0.3, 0.4) is 0 Å². The van der Waals surface area contributed by atoms with Crippen molar-refractivity contribution < 1.29 is 19.0 Å². The molecule has 112 valence electrons. The molecule has 5 heteroatoms. The number of aliphatic hydroxyl groups excluding tert-OH is 1. The van der Waals surface area contributed by atoms with Gasteiger partial charge < -0.3 is 15.2 Å². The van der Waals surface area contributed by atoms with E-state index in [2.05, 4.69) is 5.32 Å². The number of hydrogen-bond acceptors (Lipinski definition) is 3. The lowest BCUT2D eigenvalue weighted by Crippen LogP contribution is -2.49. The van der Waals surface area contributed by atoms with Gasteiger partial charge in [-0.2, -0.15) is 0 Å². The number of carbonyl (C=O) groups excluding carboxylic acids is 1. The summed E-state index contributed by atoms with van der Waals surface area (Å²) in [6, 6.07) is 5.50. The van der Waals surface area contributed by atoms with Crippen LogP contribution in [0.1, 0.15) is 27.7 Å². The first-order valence-corrected chi connectivity index (χ1v) is 6.50. The predicted octanol–water partition coefficient (Wildman–Crippen LogP) is 2.12. The van der Waals surface area contributed by atoms with Crippen molar-refractivity contribution in [2.45, 2.75) is 33.3 Å². The normalized spacial score (nSPS) is 12.1. The fourth-order valence-corrected chi connectivity index (χ4v) is 1.43. The number of aliphatic hydroxyl groups is 1. The Balaban J connectivity index is 2.63. The molecule has 4 nitrogen and oxygen atoms in total. The standard InChI is InChI=1S/C15H22FNO3/c1-14(2,10-18)9-17-13(19)15(3,4)20-12-7-5-11(16)6-8-12/h5-8,18H,9-10H2,1-4H3,(H,17,19). The summed E-state index contributed by atoms with van der Waals surface area (Å²) in [5, 5.41) is 11.9. The lowest BCUT2D eigenvalue weighted by molar-refractivity contribution is -0.134. The lowest BCUT2D eigenvalue weighted by atomic mass is 9.94. The van der Waals surface area contributed by atoms with Crippen molar-refractivity contribution in [3.63, 3.8) is 0 Å². The number of halogens is 1. The highest BCUT2D eigenvalue weighted by molar-refractivity contribution is 5.84. The number of nitrogens with one attached hydrogen (secondary N) is 1. The number of amides is 1. The molecule has 0 unspecified atom stereocenters. The topological polar surface area (TPSA) is 58.6 Å². The fraction of sp³-hybridized carbons (Fsp3) is 0.533. The highest BCUT2D eigenvalue weighted by Gasteiger charge is 2.31. The van der Waals surface area contributed by atoms with Gasteiger partial charge in [0.25, 0.3) is 5.91 Å². The molecule has 0 aromatic heterocycles. The van der Waals surface area contributed by atoms with Gasteiger partial charge in [0.2, 0.25) is 0 Å². The second-order valence-corrected chi connectivity index (χ2v) is 6.07. The number of ether oxygens (including phenoxy) is 1. The first-order chi connectivity index (χ1) is 9.16. The minimum Gasteiger partial charge on any atom is -0.478 e. The molecule has 0 fully saturated rings. The molecule has 2 N–H and O–H groups in total. The van der Waals surface area contributed by atoms with E-state index in [1.165, 1.54) is 24.3 Å². The molecule has 1 amide bonds. The van der Waals surface area contributed by atoms with E-state index in [9.17, 15) is 9.18 Å². The molecule has 1 aromatic carbocycles. The zero-order chi connectivity index (χ0) is 15.4. The highest BCUT2D eigenvalue weighted by atomic mass is 19.1. The highest BCUT2D eigenvalue weighted by Crippen LogP contribution is 2.19. The molecule has 0 aliphatic carbocycles. The maximum Gasteiger partial charge on any atom is 0.263 e. The smallest absolute Gasteiger partial charge is 0.263 e. The Hall–Kier alpha value is -1.62. The first kappa shape index (κ1) is 16.4. The van der Waals surface area contributed by atoms with Gasteiger partial charge in [-0.3, -0.25) is 4.79 Å². The van der Waals surface area contributed by atoms with E-state index in [0.717, 1.165) is 0 Å². The molecule has 20 heavy (non-hydrogen) atoms. The van der Waals surface area contributed by atoms with Crippen molar-refractivity contribution in [1.82, 2.24) is 5.32 Å². The van der Waals surface area contributed by atoms with Gasteiger partial charge in [-0.25, -0.2) is 4.39 Å². The van der Waals surface area contributed by atoms with E-state index in [1.807, 2.05) is 13.8 Å². The minimum absolute atomic E-state index is 0.0213. The molecule has 1 rings (SSSR count). The molecule has 0 atom stereocenters. The third kappa shape index (κ3) is 4.81. The van der Waals surface area contributed by atoms with Gasteiger partial charge >= 0.3 is 0 Å². The third-order valence-corrected chi connectivity index (χ3v) is 2.89. The summed E-state index contributed by atoms with van der Waals surface area (Å²) < 4.78 is 18.4. The van der Waals surface area contributed by atoms with Gasteiger partial charge in [0, 0.05) is 18.6 Å². The van der Waals surface area contributed by atoms with Crippen molar-refractivity contribution in [3.8, 4) is 5.75 Å². The van der Waals surface area contributed by atoms with Crippen molar-refractivity contribution in [1.29, 1.82) is 0 Å². The maximum atomic E-state index is 12.8. The van der Waals surface area contributed by atoms with Crippen LogP contribution in [-0.2, 0) is 4.79 Å². The Bertz CT molecular complexity index is 455. The predicted molar refractivity (Wildman–Crippen MR) is 75.0 cm³/mol. The average Bonchev–Trinajstić information content (AvgIpc) is 2.38. The van der Waals surface area contributed by atoms with Crippen LogP contribution >= 0.6 is 0 Å². The van der Waals surface area contributed by atoms with Gasteiger partial charge in [0.05, 0.1) is 0 Å². The van der Waals surface area contributed by atoms with E-state index in [0.29, 0.717) is 12.3 Å². The quantitative estimate of drug-likeness (QED) is 0.840. The van der Waals surface area contributed by atoms with Crippen molar-refractivity contribution in [2.75, 3.05) is 13.2 Å². The van der Waals surface area contributed by atoms with Crippen molar-refractivity contribution in [2.24, 2.45) is 5.41 Å². The van der Waals surface area contributed by atoms with Crippen LogP contribution in [0.4, 0.5) is 4.39 Å². The van der Waals surface area contributed by atoms with E-state index >= 15 is 0 Å². The molecule has 0 aliphatic rings. The lowest BCUT2D eigenvalue weighted by Gasteiger charge is -2.28. The summed E-state index contributed by atoms with van der Waals surface area (Å²) in [6.45, 7) is 7.29. The summed E-state index contributed by atoms with van der Waals surface area (Å²) >= 11 is 0. The van der Waals surface area contributed by atoms with Crippen LogP contribution in [-0.4, -0.2) is 29.8 Å². The van der Waals surface area contributed by atoms with Crippen LogP contribution < -0.4 is 10.1 Å². The van der Waals surface area contributed by atoms with Gasteiger partial charge in [0.15, 0.2) is 5.60 Å². The fourth-order valence-electron chi connectivity index (χ4n) is 1.43. The van der Waals surface area contributed by atoms with E-state index in [4.69, 9.17) is 9.84 Å². The molecule has 0 spiro atoms. The third-order valence-electron chi connectivity index (χ3n) is 2.89. The number of carbonyl (C=O) groups is 1. The van der Waals surface area contributed by atoms with Crippen LogP contribution in [0.15, 0.2) is 24.3 Å². The minimum atomic E-state index is -1.08. The summed E-state index contributed by atoms with van der Waals surface area (Å²) in [5.74, 6) is -0.222. The second kappa shape index (κ2) is 6.22. The van der Waals surface area contributed by atoms with Gasteiger partial charge in [0.1, 0.15) is 11.6 Å². The molecule has 0 bridgehead atoms. The first-order valence-electron chi connectivity index (χ1n) is 6.50. The number of rotatable bonds is 6. The number of benzene rings is 1. The molecular formula is C15H22FNO3. The Labute approximate surface area is 119 Å². The van der Waals surface area contributed by atoms with Gasteiger partial charge in [-0.15, -0.1) is 0 Å². The SMILES string of the molecule is CC(C)(CO)CNC(=O)C(C)(C)Oc1ccc(F)cc1. The van der Waals surface area contributed by atoms with Crippen LogP contribution in [0.25, 0.3) is 0 Å². The van der Waals surface area contributed by atoms with Crippen LogP contribution in [0.2, 0.25) is 0 Å². The molecule has 1 aromatic rings. The van der Waals surface area contributed by atoms with Gasteiger partial charge in [-0.05, 0) is 38.1 Å². The molecule has 0 aliphatic heterocycles. The van der Waals surface area contributed by atoms with Gasteiger partial charge in [-0.1, -0.05) is 13.8 Å². The van der Waals surface area contributed by atoms with Crippen molar-refractivity contribution in [3.05, 3.63) is 30.1 Å². The van der Waals surface area contributed by atoms with E-state index in [-0.39, 0.29) is 23.7 Å². The Morgan fingerprint density at radius 3 is 2.30 bits per heavy atom.